The van der Waals surface area contributed by atoms with Crippen LogP contribution in [0.2, 0.25) is 0 Å². The number of benzene rings is 2. The molecule has 0 spiro atoms. The highest BCUT2D eigenvalue weighted by atomic mass is 79.9. The molecule has 0 unspecified atom stereocenters. The first-order valence-corrected chi connectivity index (χ1v) is 7.45. The first kappa shape index (κ1) is 15.6. The van der Waals surface area contributed by atoms with E-state index in [0.717, 1.165) is 15.7 Å². The van der Waals surface area contributed by atoms with Gasteiger partial charge in [-0.1, -0.05) is 15.9 Å². The van der Waals surface area contributed by atoms with Gasteiger partial charge in [-0.15, -0.1) is 0 Å². The zero-order valence-corrected chi connectivity index (χ0v) is 13.8. The molecule has 0 saturated heterocycles. The molecule has 0 saturated carbocycles. The third-order valence-electron chi connectivity index (χ3n) is 2.92. The molecule has 2 aromatic carbocycles. The molecule has 0 radical (unpaired) electrons. The van der Waals surface area contributed by atoms with Gasteiger partial charge in [-0.05, 0) is 44.5 Å². The lowest BCUT2D eigenvalue weighted by Gasteiger charge is -2.16. The van der Waals surface area contributed by atoms with Gasteiger partial charge in [0.15, 0.2) is 11.6 Å². The van der Waals surface area contributed by atoms with Crippen molar-refractivity contribution in [2.45, 2.75) is 26.9 Å². The van der Waals surface area contributed by atoms with Crippen molar-refractivity contribution in [3.63, 3.8) is 0 Å². The summed E-state index contributed by atoms with van der Waals surface area (Å²) in [5.74, 6) is -0.268. The molecule has 0 aliphatic rings. The number of nitrogens with one attached hydrogen (secondary N) is 1. The predicted molar refractivity (Wildman–Crippen MR) is 88.7 cm³/mol. The molecule has 0 aliphatic carbocycles. The molecular weight excluding hydrogens is 335 g/mol. The molecular formula is C16H18BrFN2O. The molecule has 0 bridgehead atoms. The number of ether oxygens (including phenoxy) is 1. The van der Waals surface area contributed by atoms with E-state index in [1.165, 1.54) is 6.07 Å². The van der Waals surface area contributed by atoms with E-state index in [1.807, 2.05) is 39.0 Å². The highest BCUT2D eigenvalue weighted by Gasteiger charge is 2.11. The van der Waals surface area contributed by atoms with Crippen LogP contribution in [0.4, 0.5) is 21.5 Å². The Balaban J connectivity index is 2.34. The summed E-state index contributed by atoms with van der Waals surface area (Å²) in [6.45, 7) is 5.68. The van der Waals surface area contributed by atoms with E-state index in [9.17, 15) is 4.39 Å². The maximum atomic E-state index is 13.8. The van der Waals surface area contributed by atoms with Crippen molar-refractivity contribution >= 4 is 33.0 Å². The van der Waals surface area contributed by atoms with Crippen LogP contribution in [0.3, 0.4) is 0 Å². The smallest absolute Gasteiger partial charge is 0.167 e. The number of nitrogens with two attached hydrogens (primary N) is 1. The van der Waals surface area contributed by atoms with Crippen LogP contribution in [-0.2, 0) is 0 Å². The number of aryl methyl sites for hydroxylation is 1. The van der Waals surface area contributed by atoms with Crippen molar-refractivity contribution in [3.8, 4) is 5.75 Å². The molecule has 2 rings (SSSR count). The Labute approximate surface area is 132 Å². The van der Waals surface area contributed by atoms with Crippen molar-refractivity contribution in [1.82, 2.24) is 0 Å². The summed E-state index contributed by atoms with van der Waals surface area (Å²) in [6, 6.07) is 8.72. The van der Waals surface area contributed by atoms with Gasteiger partial charge in [-0.25, -0.2) is 4.39 Å². The Morgan fingerprint density at radius 3 is 2.52 bits per heavy atom. The Morgan fingerprint density at radius 1 is 1.19 bits per heavy atom. The number of nitrogen functional groups attached to an aromatic ring is 1. The zero-order valence-electron chi connectivity index (χ0n) is 12.2. The van der Waals surface area contributed by atoms with E-state index in [2.05, 4.69) is 21.2 Å². The molecule has 0 heterocycles. The fraction of sp³-hybridized carbons (Fsp3) is 0.250. The van der Waals surface area contributed by atoms with Gasteiger partial charge in [0.2, 0.25) is 0 Å². The topological polar surface area (TPSA) is 47.3 Å². The molecule has 0 fully saturated rings. The summed E-state index contributed by atoms with van der Waals surface area (Å²) in [6.07, 6.45) is -0.106. The van der Waals surface area contributed by atoms with Crippen LogP contribution in [0.25, 0.3) is 0 Å². The van der Waals surface area contributed by atoms with Gasteiger partial charge in [0.25, 0.3) is 0 Å². The van der Waals surface area contributed by atoms with E-state index >= 15 is 0 Å². The molecule has 3 N–H and O–H groups in total. The minimum Gasteiger partial charge on any atom is -0.488 e. The normalized spacial score (nSPS) is 10.8. The monoisotopic (exact) mass is 352 g/mol. The van der Waals surface area contributed by atoms with Crippen LogP contribution in [0, 0.1) is 12.7 Å². The molecule has 0 aliphatic heterocycles. The van der Waals surface area contributed by atoms with Gasteiger partial charge in [0.1, 0.15) is 0 Å². The van der Waals surface area contributed by atoms with Gasteiger partial charge in [-0.2, -0.15) is 0 Å². The second-order valence-electron chi connectivity index (χ2n) is 5.12. The number of rotatable bonds is 4. The van der Waals surface area contributed by atoms with Crippen LogP contribution in [0.1, 0.15) is 19.4 Å². The van der Waals surface area contributed by atoms with Gasteiger partial charge >= 0.3 is 0 Å². The Morgan fingerprint density at radius 2 is 1.90 bits per heavy atom. The van der Waals surface area contributed by atoms with Crippen molar-refractivity contribution in [1.29, 1.82) is 0 Å². The zero-order chi connectivity index (χ0) is 15.6. The fourth-order valence-electron chi connectivity index (χ4n) is 1.93. The van der Waals surface area contributed by atoms with Crippen LogP contribution < -0.4 is 15.8 Å². The van der Waals surface area contributed by atoms with Crippen molar-refractivity contribution < 1.29 is 9.13 Å². The van der Waals surface area contributed by atoms with E-state index in [1.54, 1.807) is 6.07 Å². The minimum atomic E-state index is -0.459. The van der Waals surface area contributed by atoms with E-state index in [4.69, 9.17) is 10.5 Å². The Bertz CT molecular complexity index is 659. The molecule has 3 nitrogen and oxygen atoms in total. The second kappa shape index (κ2) is 6.35. The maximum absolute atomic E-state index is 13.8. The summed E-state index contributed by atoms with van der Waals surface area (Å²) in [7, 11) is 0. The van der Waals surface area contributed by atoms with E-state index in [-0.39, 0.29) is 11.9 Å². The highest BCUT2D eigenvalue weighted by molar-refractivity contribution is 9.10. The summed E-state index contributed by atoms with van der Waals surface area (Å²) in [4.78, 5) is 0. The first-order valence-electron chi connectivity index (χ1n) is 6.65. The van der Waals surface area contributed by atoms with Gasteiger partial charge in [-0.3, -0.25) is 0 Å². The molecule has 2 aromatic rings. The number of hydrogen-bond acceptors (Lipinski definition) is 3. The quantitative estimate of drug-likeness (QED) is 0.760. The second-order valence-corrected chi connectivity index (χ2v) is 6.04. The van der Waals surface area contributed by atoms with Crippen molar-refractivity contribution in [2.24, 2.45) is 0 Å². The summed E-state index contributed by atoms with van der Waals surface area (Å²) in [5.41, 5.74) is 8.81. The highest BCUT2D eigenvalue weighted by Crippen LogP contribution is 2.32. The third-order valence-corrected chi connectivity index (χ3v) is 3.42. The molecule has 0 aromatic heterocycles. The van der Waals surface area contributed by atoms with Crippen LogP contribution in [0.5, 0.6) is 5.75 Å². The molecule has 0 atom stereocenters. The van der Waals surface area contributed by atoms with E-state index in [0.29, 0.717) is 11.4 Å². The fourth-order valence-corrected chi connectivity index (χ4v) is 2.41. The Hall–Kier alpha value is -1.75. The van der Waals surface area contributed by atoms with Crippen LogP contribution in [0.15, 0.2) is 34.8 Å². The van der Waals surface area contributed by atoms with Gasteiger partial charge in [0, 0.05) is 22.3 Å². The number of hydrogen-bond donors (Lipinski definition) is 2. The third kappa shape index (κ3) is 3.88. The van der Waals surface area contributed by atoms with Crippen LogP contribution in [-0.4, -0.2) is 6.10 Å². The standard InChI is InChI=1S/C16H18BrFN2O/c1-9(2)21-16-8-15(13(19)7-12(16)18)20-14-5-4-11(17)6-10(14)3/h4-9,20H,19H2,1-3H3. The average molecular weight is 353 g/mol. The number of anilines is 3. The summed E-state index contributed by atoms with van der Waals surface area (Å²) < 4.78 is 20.3. The van der Waals surface area contributed by atoms with Crippen LogP contribution >= 0.6 is 15.9 Å². The lowest BCUT2D eigenvalue weighted by atomic mass is 10.1. The van der Waals surface area contributed by atoms with Crippen molar-refractivity contribution in [2.75, 3.05) is 11.1 Å². The van der Waals surface area contributed by atoms with Gasteiger partial charge < -0.3 is 15.8 Å². The Kier molecular flexibility index (Phi) is 4.73. The molecule has 112 valence electrons. The molecule has 21 heavy (non-hydrogen) atoms. The lowest BCUT2D eigenvalue weighted by Crippen LogP contribution is -2.08. The first-order chi connectivity index (χ1) is 9.86. The SMILES string of the molecule is Cc1cc(Br)ccc1Nc1cc(OC(C)C)c(F)cc1N. The minimum absolute atomic E-state index is 0.106. The van der Waals surface area contributed by atoms with E-state index < -0.39 is 5.82 Å². The summed E-state index contributed by atoms with van der Waals surface area (Å²) in [5, 5.41) is 3.22. The van der Waals surface area contributed by atoms with Gasteiger partial charge in [0.05, 0.1) is 17.5 Å². The molecule has 0 amide bonds. The largest absolute Gasteiger partial charge is 0.488 e. The van der Waals surface area contributed by atoms with Crippen molar-refractivity contribution in [3.05, 3.63) is 46.2 Å². The maximum Gasteiger partial charge on any atom is 0.167 e. The molecule has 5 heteroatoms. The summed E-state index contributed by atoms with van der Waals surface area (Å²) >= 11 is 3.42. The lowest BCUT2D eigenvalue weighted by molar-refractivity contribution is 0.231. The number of halogens is 2. The average Bonchev–Trinajstić information content (AvgIpc) is 2.37. The predicted octanol–water partition coefficient (Wildman–Crippen LogP) is 5.01.